The third kappa shape index (κ3) is 3.35. The van der Waals surface area contributed by atoms with Crippen molar-refractivity contribution in [3.8, 4) is 0 Å². The van der Waals surface area contributed by atoms with Gasteiger partial charge in [0.2, 0.25) is 0 Å². The number of aromatic nitrogens is 2. The molecule has 116 valence electrons. The highest BCUT2D eigenvalue weighted by Gasteiger charge is 2.17. The fourth-order valence-electron chi connectivity index (χ4n) is 2.58. The molecule has 0 amide bonds. The summed E-state index contributed by atoms with van der Waals surface area (Å²) in [6.45, 7) is 3.87. The minimum Gasteiger partial charge on any atom is -0.395 e. The SMILES string of the molecule is CC[C@H](CO)N(Cc1ccc2nonc2c1)Cc1cccs1. The first-order valence-corrected chi connectivity index (χ1v) is 8.26. The summed E-state index contributed by atoms with van der Waals surface area (Å²) in [6, 6.07) is 10.3. The molecule has 1 N–H and O–H groups in total. The lowest BCUT2D eigenvalue weighted by molar-refractivity contribution is 0.108. The maximum Gasteiger partial charge on any atom is 0.135 e. The molecule has 0 radical (unpaired) electrons. The first-order valence-electron chi connectivity index (χ1n) is 7.38. The van der Waals surface area contributed by atoms with Crippen LogP contribution in [0.4, 0.5) is 0 Å². The van der Waals surface area contributed by atoms with E-state index in [0.29, 0.717) is 0 Å². The molecule has 0 aliphatic heterocycles. The number of nitrogens with zero attached hydrogens (tertiary/aromatic N) is 3. The van der Waals surface area contributed by atoms with Gasteiger partial charge in [0.15, 0.2) is 0 Å². The summed E-state index contributed by atoms with van der Waals surface area (Å²) in [4.78, 5) is 3.61. The third-order valence-corrected chi connectivity index (χ3v) is 4.70. The van der Waals surface area contributed by atoms with Crippen LogP contribution in [0.25, 0.3) is 11.0 Å². The molecule has 5 nitrogen and oxygen atoms in total. The minimum absolute atomic E-state index is 0.147. The number of fused-ring (bicyclic) bond motifs is 1. The molecule has 1 atom stereocenters. The van der Waals surface area contributed by atoms with Gasteiger partial charge in [0.1, 0.15) is 11.0 Å². The molecule has 1 aromatic carbocycles. The van der Waals surface area contributed by atoms with Crippen LogP contribution in [0.2, 0.25) is 0 Å². The Morgan fingerprint density at radius 1 is 1.23 bits per heavy atom. The van der Waals surface area contributed by atoms with Crippen molar-refractivity contribution in [2.75, 3.05) is 6.61 Å². The number of aliphatic hydroxyl groups is 1. The minimum atomic E-state index is 0.147. The zero-order chi connectivity index (χ0) is 15.4. The van der Waals surface area contributed by atoms with Crippen LogP contribution in [-0.2, 0) is 13.1 Å². The van der Waals surface area contributed by atoms with Gasteiger partial charge in [-0.25, -0.2) is 4.63 Å². The van der Waals surface area contributed by atoms with Crippen molar-refractivity contribution in [1.82, 2.24) is 15.2 Å². The standard InChI is InChI=1S/C16H19N3O2S/c1-2-13(11-20)19(10-14-4-3-7-22-14)9-12-5-6-15-16(8-12)18-21-17-15/h3-8,13,20H,2,9-11H2,1H3/t13-/m1/s1. The van der Waals surface area contributed by atoms with Crippen molar-refractivity contribution < 1.29 is 9.74 Å². The van der Waals surface area contributed by atoms with Crippen molar-refractivity contribution in [3.05, 3.63) is 46.2 Å². The topological polar surface area (TPSA) is 62.4 Å². The van der Waals surface area contributed by atoms with Gasteiger partial charge < -0.3 is 5.11 Å². The zero-order valence-corrected chi connectivity index (χ0v) is 13.3. The van der Waals surface area contributed by atoms with E-state index >= 15 is 0 Å². The van der Waals surface area contributed by atoms with Crippen LogP contribution in [0.1, 0.15) is 23.8 Å². The highest BCUT2D eigenvalue weighted by molar-refractivity contribution is 7.09. The molecule has 0 bridgehead atoms. The largest absolute Gasteiger partial charge is 0.395 e. The molecule has 0 spiro atoms. The fraction of sp³-hybridized carbons (Fsp3) is 0.375. The molecular weight excluding hydrogens is 298 g/mol. The molecule has 3 rings (SSSR count). The molecule has 3 aromatic rings. The Hall–Kier alpha value is -1.76. The molecule has 0 fully saturated rings. The second-order valence-corrected chi connectivity index (χ2v) is 6.35. The van der Waals surface area contributed by atoms with E-state index in [1.54, 1.807) is 11.3 Å². The molecule has 0 aliphatic carbocycles. The van der Waals surface area contributed by atoms with Gasteiger partial charge in [-0.05, 0) is 45.9 Å². The quantitative estimate of drug-likeness (QED) is 0.725. The molecule has 0 saturated carbocycles. The predicted molar refractivity (Wildman–Crippen MR) is 86.5 cm³/mol. The average Bonchev–Trinajstić information content (AvgIpc) is 3.19. The Morgan fingerprint density at radius 3 is 2.82 bits per heavy atom. The summed E-state index contributed by atoms with van der Waals surface area (Å²) in [7, 11) is 0. The van der Waals surface area contributed by atoms with Crippen LogP contribution >= 0.6 is 11.3 Å². The van der Waals surface area contributed by atoms with Crippen molar-refractivity contribution in [2.24, 2.45) is 0 Å². The summed E-state index contributed by atoms with van der Waals surface area (Å²) in [5.41, 5.74) is 2.68. The lowest BCUT2D eigenvalue weighted by Crippen LogP contribution is -2.36. The van der Waals surface area contributed by atoms with E-state index < -0.39 is 0 Å². The Bertz CT molecular complexity index is 707. The monoisotopic (exact) mass is 317 g/mol. The molecule has 0 unspecified atom stereocenters. The van der Waals surface area contributed by atoms with Crippen LogP contribution in [0.15, 0.2) is 40.3 Å². The molecule has 2 aromatic heterocycles. The van der Waals surface area contributed by atoms with Gasteiger partial charge in [0.05, 0.1) is 6.61 Å². The molecule has 6 heteroatoms. The van der Waals surface area contributed by atoms with Crippen molar-refractivity contribution in [1.29, 1.82) is 0 Å². The number of thiophene rings is 1. The number of hydrogen-bond acceptors (Lipinski definition) is 6. The van der Waals surface area contributed by atoms with E-state index in [2.05, 4.69) is 39.6 Å². The van der Waals surface area contributed by atoms with Gasteiger partial charge in [-0.2, -0.15) is 0 Å². The van der Waals surface area contributed by atoms with E-state index in [9.17, 15) is 5.11 Å². The summed E-state index contributed by atoms with van der Waals surface area (Å²) in [6.07, 6.45) is 0.912. The normalized spacial score (nSPS) is 13.0. The second-order valence-electron chi connectivity index (χ2n) is 5.32. The second kappa shape index (κ2) is 7.00. The maximum atomic E-state index is 9.67. The summed E-state index contributed by atoms with van der Waals surface area (Å²) >= 11 is 1.74. The predicted octanol–water partition coefficient (Wildman–Crippen LogP) is 3.06. The van der Waals surface area contributed by atoms with E-state index in [4.69, 9.17) is 4.63 Å². The van der Waals surface area contributed by atoms with Crippen LogP contribution < -0.4 is 0 Å². The Labute approximate surface area is 133 Å². The van der Waals surface area contributed by atoms with Gasteiger partial charge in [-0.1, -0.05) is 19.1 Å². The van der Waals surface area contributed by atoms with Gasteiger partial charge in [-0.3, -0.25) is 4.90 Å². The van der Waals surface area contributed by atoms with Crippen LogP contribution in [-0.4, -0.2) is 33.0 Å². The average molecular weight is 317 g/mol. The van der Waals surface area contributed by atoms with Crippen molar-refractivity contribution in [2.45, 2.75) is 32.5 Å². The van der Waals surface area contributed by atoms with Gasteiger partial charge in [0.25, 0.3) is 0 Å². The molecule has 22 heavy (non-hydrogen) atoms. The summed E-state index contributed by atoms with van der Waals surface area (Å²) in [5.74, 6) is 0. The summed E-state index contributed by atoms with van der Waals surface area (Å²) < 4.78 is 4.75. The fourth-order valence-corrected chi connectivity index (χ4v) is 3.31. The van der Waals surface area contributed by atoms with Crippen molar-refractivity contribution >= 4 is 22.4 Å². The Morgan fingerprint density at radius 2 is 2.09 bits per heavy atom. The third-order valence-electron chi connectivity index (χ3n) is 3.84. The number of aliphatic hydroxyl groups excluding tert-OH is 1. The number of benzene rings is 1. The highest BCUT2D eigenvalue weighted by atomic mass is 32.1. The van der Waals surface area contributed by atoms with Crippen LogP contribution in [0.5, 0.6) is 0 Å². The Balaban J connectivity index is 1.81. The zero-order valence-electron chi connectivity index (χ0n) is 12.5. The highest BCUT2D eigenvalue weighted by Crippen LogP contribution is 2.20. The molecule has 2 heterocycles. The number of rotatable bonds is 7. The first-order chi connectivity index (χ1) is 10.8. The van der Waals surface area contributed by atoms with Crippen LogP contribution in [0, 0.1) is 0 Å². The smallest absolute Gasteiger partial charge is 0.135 e. The summed E-state index contributed by atoms with van der Waals surface area (Å²) in [5, 5.41) is 19.5. The maximum absolute atomic E-state index is 9.67. The van der Waals surface area contributed by atoms with Gasteiger partial charge in [-0.15, -0.1) is 11.3 Å². The van der Waals surface area contributed by atoms with Crippen molar-refractivity contribution in [3.63, 3.8) is 0 Å². The number of hydrogen-bond donors (Lipinski definition) is 1. The first kappa shape index (κ1) is 15.1. The molecule has 0 aliphatic rings. The van der Waals surface area contributed by atoms with E-state index in [1.165, 1.54) is 4.88 Å². The van der Waals surface area contributed by atoms with Gasteiger partial charge >= 0.3 is 0 Å². The lowest BCUT2D eigenvalue weighted by Gasteiger charge is -2.29. The van der Waals surface area contributed by atoms with Crippen LogP contribution in [0.3, 0.4) is 0 Å². The van der Waals surface area contributed by atoms with E-state index in [1.807, 2.05) is 18.2 Å². The molecule has 0 saturated heterocycles. The van der Waals surface area contributed by atoms with E-state index in [-0.39, 0.29) is 12.6 Å². The lowest BCUT2D eigenvalue weighted by atomic mass is 10.1. The van der Waals surface area contributed by atoms with Gasteiger partial charge in [0, 0.05) is 24.0 Å². The molecular formula is C16H19N3O2S. The Kier molecular flexibility index (Phi) is 4.82. The van der Waals surface area contributed by atoms with E-state index in [0.717, 1.165) is 36.1 Å².